The van der Waals surface area contributed by atoms with E-state index in [1.54, 1.807) is 0 Å². The first kappa shape index (κ1) is 31.1. The van der Waals surface area contributed by atoms with Gasteiger partial charge < -0.3 is 14.2 Å². The first-order valence-corrected chi connectivity index (χ1v) is 18.0. The zero-order valence-electron chi connectivity index (χ0n) is 29.4. The van der Waals surface area contributed by atoms with E-state index in [0.29, 0.717) is 23.9 Å². The molecule has 6 nitrogen and oxygen atoms in total. The van der Waals surface area contributed by atoms with Crippen LogP contribution < -0.4 is 10.6 Å². The van der Waals surface area contributed by atoms with Gasteiger partial charge in [0.2, 0.25) is 0 Å². The fourth-order valence-electron chi connectivity index (χ4n) is 8.14. The van der Waals surface area contributed by atoms with Crippen LogP contribution in [0, 0.1) is 13.8 Å². The molecular formula is C47H35N5O. The van der Waals surface area contributed by atoms with Crippen molar-refractivity contribution in [1.82, 2.24) is 24.1 Å². The van der Waals surface area contributed by atoms with Crippen molar-refractivity contribution in [1.29, 1.82) is 0 Å². The van der Waals surface area contributed by atoms with E-state index in [2.05, 4.69) is 138 Å². The van der Waals surface area contributed by atoms with Gasteiger partial charge in [0.25, 0.3) is 0 Å². The topological polar surface area (TPSA) is 68.8 Å². The minimum atomic E-state index is -0.532. The predicted molar refractivity (Wildman–Crippen MR) is 216 cm³/mol. The summed E-state index contributed by atoms with van der Waals surface area (Å²) in [5.74, 6) is 1.84. The van der Waals surface area contributed by atoms with Gasteiger partial charge in [-0.3, -0.25) is 0 Å². The highest BCUT2D eigenvalue weighted by Gasteiger charge is 2.21. The third-order valence-corrected chi connectivity index (χ3v) is 10.7. The molecule has 1 N–H and O–H groups in total. The molecule has 6 heteroatoms. The van der Waals surface area contributed by atoms with E-state index in [-0.39, 0.29) is 0 Å². The van der Waals surface area contributed by atoms with Crippen LogP contribution in [0.3, 0.4) is 0 Å². The predicted octanol–water partition coefficient (Wildman–Crippen LogP) is 8.86. The number of aromatic nitrogens is 5. The van der Waals surface area contributed by atoms with Gasteiger partial charge in [0, 0.05) is 49.4 Å². The molecule has 0 saturated heterocycles. The normalized spacial score (nSPS) is 14.0. The second-order valence-corrected chi connectivity index (χ2v) is 13.8. The summed E-state index contributed by atoms with van der Waals surface area (Å²) in [6, 6.07) is 48.4. The highest BCUT2D eigenvalue weighted by molar-refractivity contribution is 6.09. The van der Waals surface area contributed by atoms with Gasteiger partial charge >= 0.3 is 0 Å². The number of benzene rings is 6. The number of hydrogen-bond donors (Lipinski definition) is 1. The highest BCUT2D eigenvalue weighted by Crippen LogP contribution is 2.36. The fourth-order valence-corrected chi connectivity index (χ4v) is 8.14. The van der Waals surface area contributed by atoms with E-state index in [4.69, 9.17) is 15.0 Å². The molecule has 1 aliphatic carbocycles. The molecule has 1 unspecified atom stereocenters. The molecule has 10 rings (SSSR count). The Labute approximate surface area is 306 Å². The smallest absolute Gasteiger partial charge is 0.164 e. The third kappa shape index (κ3) is 4.94. The van der Waals surface area contributed by atoms with Crippen LogP contribution in [0.25, 0.3) is 90.4 Å². The van der Waals surface area contributed by atoms with Crippen LogP contribution in [0.2, 0.25) is 0 Å². The molecule has 254 valence electrons. The molecule has 3 aromatic heterocycles. The molecule has 0 bridgehead atoms. The monoisotopic (exact) mass is 685 g/mol. The minimum Gasteiger partial charge on any atom is -0.389 e. The van der Waals surface area contributed by atoms with E-state index in [1.165, 1.54) is 16.2 Å². The van der Waals surface area contributed by atoms with Crippen LogP contribution in [-0.2, 0) is 0 Å². The molecule has 53 heavy (non-hydrogen) atoms. The quantitative estimate of drug-likeness (QED) is 0.197. The summed E-state index contributed by atoms with van der Waals surface area (Å²) in [7, 11) is 0. The van der Waals surface area contributed by atoms with Gasteiger partial charge in [-0.05, 0) is 67.8 Å². The third-order valence-electron chi connectivity index (χ3n) is 10.7. The van der Waals surface area contributed by atoms with E-state index in [0.717, 1.165) is 66.3 Å². The van der Waals surface area contributed by atoms with Crippen LogP contribution in [0.1, 0.15) is 17.5 Å². The first-order valence-electron chi connectivity index (χ1n) is 18.0. The SMILES string of the molecule is Cc1c(-c2nc(-c3ccccc3)nc(-c3cccc(-n4c5ccccc5c5ccccc54)c3C)n2)cccc1-n1c2c(c3ccccc31)=CCC(O)C=2. The summed E-state index contributed by atoms with van der Waals surface area (Å²) in [6.45, 7) is 4.29. The Balaban J connectivity index is 1.19. The average molecular weight is 686 g/mol. The van der Waals surface area contributed by atoms with E-state index in [9.17, 15) is 5.11 Å². The minimum absolute atomic E-state index is 0.532. The number of fused-ring (bicyclic) bond motifs is 6. The van der Waals surface area contributed by atoms with Gasteiger partial charge in [0.1, 0.15) is 0 Å². The molecule has 0 amide bonds. The Morgan fingerprint density at radius 2 is 1.00 bits per heavy atom. The number of aliphatic hydroxyl groups excluding tert-OH is 1. The number of nitrogens with zero attached hydrogens (tertiary/aromatic N) is 5. The van der Waals surface area contributed by atoms with Gasteiger partial charge in [0.05, 0.1) is 28.0 Å². The Kier molecular flexibility index (Phi) is 7.20. The molecule has 6 aromatic carbocycles. The standard InChI is InChI=1S/C47H35N5O/c1-29-33(19-12-24-39(29)51-41-21-9-6-16-35(41)36-17-7-10-22-42(36)51)46-48-45(31-14-4-3-5-15-31)49-47(50-46)34-20-13-25-40(30(34)2)52-43-23-11-8-18-37(43)38-27-26-32(53)28-44(38)52/h3-25,27-28,32,53H,26H2,1-2H3. The van der Waals surface area contributed by atoms with Crippen LogP contribution in [0.5, 0.6) is 0 Å². The molecule has 0 saturated carbocycles. The summed E-state index contributed by atoms with van der Waals surface area (Å²) in [5.41, 5.74) is 10.4. The number of rotatable bonds is 5. The van der Waals surface area contributed by atoms with Crippen molar-refractivity contribution < 1.29 is 5.11 Å². The van der Waals surface area contributed by atoms with Crippen molar-refractivity contribution in [3.63, 3.8) is 0 Å². The first-order chi connectivity index (χ1) is 26.0. The van der Waals surface area contributed by atoms with Gasteiger partial charge in [-0.1, -0.05) is 115 Å². The lowest BCUT2D eigenvalue weighted by Crippen LogP contribution is -2.34. The molecule has 9 aromatic rings. The lowest BCUT2D eigenvalue weighted by molar-refractivity contribution is 0.244. The van der Waals surface area contributed by atoms with Crippen LogP contribution in [0.4, 0.5) is 0 Å². The van der Waals surface area contributed by atoms with Crippen LogP contribution in [-0.4, -0.2) is 35.3 Å². The molecule has 0 spiro atoms. The summed E-state index contributed by atoms with van der Waals surface area (Å²) >= 11 is 0. The second-order valence-electron chi connectivity index (χ2n) is 13.8. The Bertz CT molecular complexity index is 2980. The molecule has 0 radical (unpaired) electrons. The largest absolute Gasteiger partial charge is 0.389 e. The zero-order valence-corrected chi connectivity index (χ0v) is 29.4. The van der Waals surface area contributed by atoms with Gasteiger partial charge in [0.15, 0.2) is 17.5 Å². The summed E-state index contributed by atoms with van der Waals surface area (Å²) in [5, 5.41) is 16.5. The lowest BCUT2D eigenvalue weighted by Gasteiger charge is -2.17. The molecule has 0 aliphatic heterocycles. The number of para-hydroxylation sites is 3. The summed E-state index contributed by atoms with van der Waals surface area (Å²) in [4.78, 5) is 15.5. The number of aliphatic hydroxyl groups is 1. The zero-order chi connectivity index (χ0) is 35.6. The molecular weight excluding hydrogens is 651 g/mol. The highest BCUT2D eigenvalue weighted by atomic mass is 16.3. The van der Waals surface area contributed by atoms with Gasteiger partial charge in [-0.15, -0.1) is 0 Å². The maximum atomic E-state index is 10.7. The van der Waals surface area contributed by atoms with E-state index >= 15 is 0 Å². The fraction of sp³-hybridized carbons (Fsp3) is 0.0851. The summed E-state index contributed by atoms with van der Waals surface area (Å²) < 4.78 is 4.62. The molecule has 3 heterocycles. The van der Waals surface area contributed by atoms with Crippen molar-refractivity contribution in [3.05, 3.63) is 161 Å². The molecule has 1 atom stereocenters. The van der Waals surface area contributed by atoms with E-state index in [1.807, 2.05) is 36.4 Å². The van der Waals surface area contributed by atoms with Crippen molar-refractivity contribution in [2.75, 3.05) is 0 Å². The number of hydrogen-bond acceptors (Lipinski definition) is 4. The average Bonchev–Trinajstić information content (AvgIpc) is 3.70. The second kappa shape index (κ2) is 12.3. The van der Waals surface area contributed by atoms with Crippen molar-refractivity contribution in [2.24, 2.45) is 0 Å². The van der Waals surface area contributed by atoms with Crippen LogP contribution >= 0.6 is 0 Å². The molecule has 1 aliphatic rings. The summed E-state index contributed by atoms with van der Waals surface area (Å²) in [6.07, 6.45) is 4.20. The Morgan fingerprint density at radius 1 is 0.509 bits per heavy atom. The van der Waals surface area contributed by atoms with E-state index < -0.39 is 6.10 Å². The van der Waals surface area contributed by atoms with Crippen LogP contribution in [0.15, 0.2) is 140 Å². The van der Waals surface area contributed by atoms with Crippen molar-refractivity contribution in [3.8, 4) is 45.5 Å². The van der Waals surface area contributed by atoms with Gasteiger partial charge in [-0.25, -0.2) is 15.0 Å². The Hall–Kier alpha value is -6.63. The van der Waals surface area contributed by atoms with Crippen molar-refractivity contribution in [2.45, 2.75) is 26.4 Å². The Morgan fingerprint density at radius 3 is 1.60 bits per heavy atom. The molecule has 0 fully saturated rings. The lowest BCUT2D eigenvalue weighted by atomic mass is 10.0. The van der Waals surface area contributed by atoms with Crippen molar-refractivity contribution >= 4 is 44.9 Å². The maximum Gasteiger partial charge on any atom is 0.164 e. The maximum absolute atomic E-state index is 10.7. The van der Waals surface area contributed by atoms with Gasteiger partial charge in [-0.2, -0.15) is 0 Å².